The molecule has 1 aliphatic rings. The second-order valence-electron chi connectivity index (χ2n) is 5.58. The molecule has 0 radical (unpaired) electrons. The number of rotatable bonds is 4. The standard InChI is InChI=1S/C18H18N2O2/c1-12(14-8-5-9-15(21)10-14)19-20-18(22)17-11-16(17)13-6-3-2-4-7-13/h2-10,16-17,21H,11H2,1H3,(H,20,22)/b19-12-/t16-,17+/m1/s1. The van der Waals surface area contributed by atoms with Crippen LogP contribution in [0.25, 0.3) is 0 Å². The van der Waals surface area contributed by atoms with Gasteiger partial charge in [0.25, 0.3) is 0 Å². The Bertz CT molecular complexity index is 710. The predicted molar refractivity (Wildman–Crippen MR) is 85.8 cm³/mol. The number of carbonyl (C=O) groups excluding carboxylic acids is 1. The number of benzene rings is 2. The van der Waals surface area contributed by atoms with Crippen LogP contribution in [0, 0.1) is 5.92 Å². The lowest BCUT2D eigenvalue weighted by Crippen LogP contribution is -2.21. The van der Waals surface area contributed by atoms with Crippen molar-refractivity contribution >= 4 is 11.6 Å². The fourth-order valence-electron chi connectivity index (χ4n) is 2.57. The molecule has 2 aromatic carbocycles. The molecule has 22 heavy (non-hydrogen) atoms. The molecule has 0 bridgehead atoms. The summed E-state index contributed by atoms with van der Waals surface area (Å²) in [5.41, 5.74) is 5.29. The van der Waals surface area contributed by atoms with Gasteiger partial charge in [-0.25, -0.2) is 5.43 Å². The molecule has 4 nitrogen and oxygen atoms in total. The van der Waals surface area contributed by atoms with Crippen LogP contribution in [-0.2, 0) is 4.79 Å². The minimum Gasteiger partial charge on any atom is -0.508 e. The van der Waals surface area contributed by atoms with Gasteiger partial charge < -0.3 is 5.11 Å². The van der Waals surface area contributed by atoms with Crippen LogP contribution in [0.2, 0.25) is 0 Å². The Hall–Kier alpha value is -2.62. The van der Waals surface area contributed by atoms with E-state index in [1.807, 2.05) is 24.3 Å². The van der Waals surface area contributed by atoms with E-state index in [2.05, 4.69) is 22.7 Å². The zero-order chi connectivity index (χ0) is 15.5. The van der Waals surface area contributed by atoms with Crippen LogP contribution in [0.1, 0.15) is 30.4 Å². The average molecular weight is 294 g/mol. The first-order valence-electron chi connectivity index (χ1n) is 7.33. The van der Waals surface area contributed by atoms with Gasteiger partial charge in [0.15, 0.2) is 0 Å². The second-order valence-corrected chi connectivity index (χ2v) is 5.58. The third-order valence-electron chi connectivity index (χ3n) is 3.95. The lowest BCUT2D eigenvalue weighted by atomic mass is 10.1. The van der Waals surface area contributed by atoms with E-state index in [0.29, 0.717) is 11.6 Å². The molecule has 1 aliphatic carbocycles. The second kappa shape index (κ2) is 6.02. The van der Waals surface area contributed by atoms with Gasteiger partial charge in [0.2, 0.25) is 5.91 Å². The zero-order valence-corrected chi connectivity index (χ0v) is 12.4. The molecule has 112 valence electrons. The first-order chi connectivity index (χ1) is 10.6. The van der Waals surface area contributed by atoms with Gasteiger partial charge in [-0.15, -0.1) is 0 Å². The van der Waals surface area contributed by atoms with Gasteiger partial charge in [0.1, 0.15) is 5.75 Å². The van der Waals surface area contributed by atoms with Crippen LogP contribution >= 0.6 is 0 Å². The maximum absolute atomic E-state index is 12.1. The van der Waals surface area contributed by atoms with Gasteiger partial charge in [-0.3, -0.25) is 4.79 Å². The third kappa shape index (κ3) is 3.17. The minimum atomic E-state index is -0.0478. The van der Waals surface area contributed by atoms with E-state index >= 15 is 0 Å². The van der Waals surface area contributed by atoms with Gasteiger partial charge in [0.05, 0.1) is 5.71 Å². The van der Waals surface area contributed by atoms with Crippen molar-refractivity contribution in [3.05, 3.63) is 65.7 Å². The van der Waals surface area contributed by atoms with Crippen molar-refractivity contribution in [1.29, 1.82) is 0 Å². The number of nitrogens with zero attached hydrogens (tertiary/aromatic N) is 1. The van der Waals surface area contributed by atoms with Crippen LogP contribution < -0.4 is 5.43 Å². The lowest BCUT2D eigenvalue weighted by Gasteiger charge is -2.03. The Morgan fingerprint density at radius 1 is 1.18 bits per heavy atom. The quantitative estimate of drug-likeness (QED) is 0.672. The molecule has 2 atom stereocenters. The molecule has 0 heterocycles. The fourth-order valence-corrected chi connectivity index (χ4v) is 2.57. The highest BCUT2D eigenvalue weighted by molar-refractivity contribution is 5.99. The van der Waals surface area contributed by atoms with Crippen molar-refractivity contribution in [3.63, 3.8) is 0 Å². The smallest absolute Gasteiger partial charge is 0.243 e. The van der Waals surface area contributed by atoms with Gasteiger partial charge in [-0.1, -0.05) is 42.5 Å². The zero-order valence-electron chi connectivity index (χ0n) is 12.4. The summed E-state index contributed by atoms with van der Waals surface area (Å²) in [4.78, 5) is 12.1. The summed E-state index contributed by atoms with van der Waals surface area (Å²) in [5.74, 6) is 0.443. The van der Waals surface area contributed by atoms with Crippen LogP contribution in [0.15, 0.2) is 59.7 Å². The molecule has 1 amide bonds. The Morgan fingerprint density at radius 3 is 2.68 bits per heavy atom. The van der Waals surface area contributed by atoms with E-state index in [0.717, 1.165) is 12.0 Å². The fraction of sp³-hybridized carbons (Fsp3) is 0.222. The number of amides is 1. The predicted octanol–water partition coefficient (Wildman–Crippen LogP) is 3.04. The van der Waals surface area contributed by atoms with E-state index < -0.39 is 0 Å². The molecule has 0 saturated heterocycles. The highest BCUT2D eigenvalue weighted by atomic mass is 16.3. The average Bonchev–Trinajstić information content (AvgIpc) is 3.34. The summed E-state index contributed by atoms with van der Waals surface area (Å²) in [5, 5.41) is 13.6. The summed E-state index contributed by atoms with van der Waals surface area (Å²) >= 11 is 0. The van der Waals surface area contributed by atoms with E-state index in [4.69, 9.17) is 0 Å². The third-order valence-corrected chi connectivity index (χ3v) is 3.95. The normalized spacial score (nSPS) is 20.5. The van der Waals surface area contributed by atoms with E-state index in [-0.39, 0.29) is 17.6 Å². The first kappa shape index (κ1) is 14.3. The maximum Gasteiger partial charge on any atom is 0.243 e. The van der Waals surface area contributed by atoms with Gasteiger partial charge >= 0.3 is 0 Å². The molecule has 0 aliphatic heterocycles. The van der Waals surface area contributed by atoms with Gasteiger partial charge in [0, 0.05) is 11.5 Å². The minimum absolute atomic E-state index is 0.00289. The lowest BCUT2D eigenvalue weighted by molar-refractivity contribution is -0.122. The van der Waals surface area contributed by atoms with E-state index in [9.17, 15) is 9.90 Å². The molecular weight excluding hydrogens is 276 g/mol. The number of phenols is 1. The van der Waals surface area contributed by atoms with E-state index in [1.165, 1.54) is 5.56 Å². The number of hydrazone groups is 1. The van der Waals surface area contributed by atoms with Crippen molar-refractivity contribution in [3.8, 4) is 5.75 Å². The summed E-state index contributed by atoms with van der Waals surface area (Å²) in [6, 6.07) is 16.9. The van der Waals surface area contributed by atoms with Crippen LogP contribution in [0.5, 0.6) is 5.75 Å². The number of phenolic OH excluding ortho intramolecular Hbond substituents is 1. The number of hydrogen-bond donors (Lipinski definition) is 2. The molecule has 1 saturated carbocycles. The summed E-state index contributed by atoms with van der Waals surface area (Å²) < 4.78 is 0. The van der Waals surface area contributed by atoms with Crippen molar-refractivity contribution in [1.82, 2.24) is 5.43 Å². The van der Waals surface area contributed by atoms with Crippen molar-refractivity contribution in [2.75, 3.05) is 0 Å². The molecule has 0 spiro atoms. The summed E-state index contributed by atoms with van der Waals surface area (Å²) in [7, 11) is 0. The molecule has 3 rings (SSSR count). The van der Waals surface area contributed by atoms with Crippen molar-refractivity contribution in [2.24, 2.45) is 11.0 Å². The SMILES string of the molecule is C/C(=N/NC(=O)[C@H]1C[C@@H]1c1ccccc1)c1cccc(O)c1. The first-order valence-corrected chi connectivity index (χ1v) is 7.33. The molecule has 4 heteroatoms. The van der Waals surface area contributed by atoms with E-state index in [1.54, 1.807) is 25.1 Å². The largest absolute Gasteiger partial charge is 0.508 e. The van der Waals surface area contributed by atoms with Crippen LogP contribution in [0.4, 0.5) is 0 Å². The van der Waals surface area contributed by atoms with Crippen molar-refractivity contribution in [2.45, 2.75) is 19.3 Å². The maximum atomic E-state index is 12.1. The topological polar surface area (TPSA) is 61.7 Å². The number of nitrogens with one attached hydrogen (secondary N) is 1. The molecule has 1 fully saturated rings. The molecular formula is C18H18N2O2. The van der Waals surface area contributed by atoms with Crippen LogP contribution in [-0.4, -0.2) is 16.7 Å². The van der Waals surface area contributed by atoms with Gasteiger partial charge in [-0.2, -0.15) is 5.10 Å². The Kier molecular flexibility index (Phi) is 3.92. The monoisotopic (exact) mass is 294 g/mol. The summed E-state index contributed by atoms with van der Waals surface area (Å²) in [6.45, 7) is 1.80. The Labute approximate surface area is 129 Å². The Morgan fingerprint density at radius 2 is 1.95 bits per heavy atom. The highest BCUT2D eigenvalue weighted by Gasteiger charge is 2.43. The van der Waals surface area contributed by atoms with Crippen LogP contribution in [0.3, 0.4) is 0 Å². The van der Waals surface area contributed by atoms with Gasteiger partial charge in [-0.05, 0) is 37.0 Å². The number of hydrogen-bond acceptors (Lipinski definition) is 3. The van der Waals surface area contributed by atoms with Crippen molar-refractivity contribution < 1.29 is 9.90 Å². The molecule has 2 N–H and O–H groups in total. The number of aromatic hydroxyl groups is 1. The molecule has 0 unspecified atom stereocenters. The number of carbonyl (C=O) groups is 1. The summed E-state index contributed by atoms with van der Waals surface area (Å²) in [6.07, 6.45) is 0.872. The molecule has 2 aromatic rings. The Balaban J connectivity index is 1.60. The molecule has 0 aromatic heterocycles. The highest BCUT2D eigenvalue weighted by Crippen LogP contribution is 2.47.